The Bertz CT molecular complexity index is 568. The van der Waals surface area contributed by atoms with Gasteiger partial charge in [-0.1, -0.05) is 0 Å². The predicted octanol–water partition coefficient (Wildman–Crippen LogP) is 1.71. The number of aromatic amines is 1. The van der Waals surface area contributed by atoms with Gasteiger partial charge in [-0.25, -0.2) is 0 Å². The van der Waals surface area contributed by atoms with Gasteiger partial charge >= 0.3 is 0 Å². The highest BCUT2D eigenvalue weighted by Gasteiger charge is 2.23. The van der Waals surface area contributed by atoms with Gasteiger partial charge in [0.25, 0.3) is 5.91 Å². The van der Waals surface area contributed by atoms with Crippen LogP contribution in [-0.2, 0) is 0 Å². The number of carbonyl (C=O) groups is 1. The SMILES string of the molecule is Cc1cc(N2CCC(NC(=O)c3ccco3)CC2)n[nH]1. The Balaban J connectivity index is 1.52. The average Bonchev–Trinajstić information content (AvgIpc) is 3.10. The van der Waals surface area contributed by atoms with E-state index in [2.05, 4.69) is 20.4 Å². The van der Waals surface area contributed by atoms with Crippen molar-refractivity contribution in [3.05, 3.63) is 35.9 Å². The van der Waals surface area contributed by atoms with E-state index in [0.29, 0.717) is 5.76 Å². The molecule has 1 aliphatic heterocycles. The van der Waals surface area contributed by atoms with Crippen LogP contribution in [0.4, 0.5) is 5.82 Å². The number of furan rings is 1. The van der Waals surface area contributed by atoms with Gasteiger partial charge in [0.2, 0.25) is 0 Å². The number of aryl methyl sites for hydroxylation is 1. The van der Waals surface area contributed by atoms with Crippen LogP contribution in [0, 0.1) is 6.92 Å². The van der Waals surface area contributed by atoms with E-state index < -0.39 is 0 Å². The minimum absolute atomic E-state index is 0.135. The van der Waals surface area contributed by atoms with E-state index in [0.717, 1.165) is 37.4 Å². The summed E-state index contributed by atoms with van der Waals surface area (Å²) >= 11 is 0. The van der Waals surface area contributed by atoms with Gasteiger partial charge in [0.1, 0.15) is 0 Å². The standard InChI is InChI=1S/C14H18N4O2/c1-10-9-13(17-16-10)18-6-4-11(5-7-18)15-14(19)12-3-2-8-20-12/h2-3,8-9,11H,4-7H2,1H3,(H,15,19)(H,16,17). The lowest BCUT2D eigenvalue weighted by atomic mass is 10.0. The Morgan fingerprint density at radius 2 is 2.30 bits per heavy atom. The molecule has 0 radical (unpaired) electrons. The number of nitrogens with one attached hydrogen (secondary N) is 2. The smallest absolute Gasteiger partial charge is 0.287 e. The molecule has 2 aromatic heterocycles. The van der Waals surface area contributed by atoms with Gasteiger partial charge in [-0.2, -0.15) is 5.10 Å². The van der Waals surface area contributed by atoms with Crippen LogP contribution in [0.25, 0.3) is 0 Å². The van der Waals surface area contributed by atoms with E-state index in [1.807, 2.05) is 13.0 Å². The first-order valence-corrected chi connectivity index (χ1v) is 6.84. The first kappa shape index (κ1) is 12.8. The van der Waals surface area contributed by atoms with Crippen molar-refractivity contribution < 1.29 is 9.21 Å². The van der Waals surface area contributed by atoms with E-state index in [-0.39, 0.29) is 11.9 Å². The molecule has 0 aromatic carbocycles. The van der Waals surface area contributed by atoms with Crippen LogP contribution in [-0.4, -0.2) is 35.2 Å². The van der Waals surface area contributed by atoms with Crippen LogP contribution in [0.3, 0.4) is 0 Å². The Kier molecular flexibility index (Phi) is 3.45. The van der Waals surface area contributed by atoms with E-state index in [1.54, 1.807) is 12.1 Å². The quantitative estimate of drug-likeness (QED) is 0.893. The zero-order chi connectivity index (χ0) is 13.9. The summed E-state index contributed by atoms with van der Waals surface area (Å²) in [5, 5.41) is 10.2. The zero-order valence-electron chi connectivity index (χ0n) is 11.4. The third-order valence-electron chi connectivity index (χ3n) is 3.59. The summed E-state index contributed by atoms with van der Waals surface area (Å²) in [6.45, 7) is 3.79. The van der Waals surface area contributed by atoms with Crippen molar-refractivity contribution in [2.75, 3.05) is 18.0 Å². The number of amides is 1. The van der Waals surface area contributed by atoms with E-state index in [4.69, 9.17) is 4.42 Å². The maximum absolute atomic E-state index is 11.9. The number of H-pyrrole nitrogens is 1. The van der Waals surface area contributed by atoms with Crippen LogP contribution in [0.15, 0.2) is 28.9 Å². The largest absolute Gasteiger partial charge is 0.459 e. The fraction of sp³-hybridized carbons (Fsp3) is 0.429. The Morgan fingerprint density at radius 1 is 1.50 bits per heavy atom. The number of carbonyl (C=O) groups excluding carboxylic acids is 1. The molecule has 106 valence electrons. The third-order valence-corrected chi connectivity index (χ3v) is 3.59. The summed E-state index contributed by atoms with van der Waals surface area (Å²) < 4.78 is 5.09. The number of nitrogens with zero attached hydrogens (tertiary/aromatic N) is 2. The van der Waals surface area contributed by atoms with Gasteiger partial charge in [0.05, 0.1) is 6.26 Å². The fourth-order valence-electron chi connectivity index (χ4n) is 2.48. The van der Waals surface area contributed by atoms with Crippen molar-refractivity contribution in [2.45, 2.75) is 25.8 Å². The molecule has 0 aliphatic carbocycles. The second kappa shape index (κ2) is 5.40. The molecule has 20 heavy (non-hydrogen) atoms. The van der Waals surface area contributed by atoms with Crippen molar-refractivity contribution in [1.82, 2.24) is 15.5 Å². The van der Waals surface area contributed by atoms with Crippen LogP contribution >= 0.6 is 0 Å². The molecule has 0 atom stereocenters. The highest BCUT2D eigenvalue weighted by atomic mass is 16.3. The third kappa shape index (κ3) is 2.68. The molecule has 3 heterocycles. The second-order valence-corrected chi connectivity index (χ2v) is 5.12. The summed E-state index contributed by atoms with van der Waals surface area (Å²) in [7, 11) is 0. The van der Waals surface area contributed by atoms with Crippen molar-refractivity contribution >= 4 is 11.7 Å². The van der Waals surface area contributed by atoms with Crippen LogP contribution < -0.4 is 10.2 Å². The molecule has 0 bridgehead atoms. The molecular weight excluding hydrogens is 256 g/mol. The second-order valence-electron chi connectivity index (χ2n) is 5.12. The van der Waals surface area contributed by atoms with Crippen molar-refractivity contribution in [1.29, 1.82) is 0 Å². The molecular formula is C14H18N4O2. The van der Waals surface area contributed by atoms with Gasteiger partial charge in [0.15, 0.2) is 11.6 Å². The molecule has 1 fully saturated rings. The van der Waals surface area contributed by atoms with E-state index in [9.17, 15) is 4.79 Å². The highest BCUT2D eigenvalue weighted by molar-refractivity contribution is 5.91. The van der Waals surface area contributed by atoms with Gasteiger partial charge in [-0.05, 0) is 31.9 Å². The Hall–Kier alpha value is -2.24. The van der Waals surface area contributed by atoms with Crippen molar-refractivity contribution in [3.8, 4) is 0 Å². The van der Waals surface area contributed by atoms with Crippen molar-refractivity contribution in [2.24, 2.45) is 0 Å². The molecule has 1 aliphatic rings. The summed E-state index contributed by atoms with van der Waals surface area (Å²) in [4.78, 5) is 14.1. The molecule has 1 saturated heterocycles. The van der Waals surface area contributed by atoms with Crippen LogP contribution in [0.5, 0.6) is 0 Å². The lowest BCUT2D eigenvalue weighted by Crippen LogP contribution is -2.44. The van der Waals surface area contributed by atoms with Crippen LogP contribution in [0.1, 0.15) is 29.1 Å². The molecule has 1 amide bonds. The normalized spacial score (nSPS) is 16.4. The van der Waals surface area contributed by atoms with Gasteiger partial charge in [0, 0.05) is 30.9 Å². The predicted molar refractivity (Wildman–Crippen MR) is 74.7 cm³/mol. The fourth-order valence-corrected chi connectivity index (χ4v) is 2.48. The number of aromatic nitrogens is 2. The summed E-state index contributed by atoms with van der Waals surface area (Å²) in [5.74, 6) is 1.22. The van der Waals surface area contributed by atoms with Crippen molar-refractivity contribution in [3.63, 3.8) is 0 Å². The lowest BCUT2D eigenvalue weighted by molar-refractivity contribution is 0.0903. The maximum atomic E-state index is 11.9. The van der Waals surface area contributed by atoms with Crippen LogP contribution in [0.2, 0.25) is 0 Å². The lowest BCUT2D eigenvalue weighted by Gasteiger charge is -2.32. The number of hydrogen-bond acceptors (Lipinski definition) is 4. The Morgan fingerprint density at radius 3 is 2.90 bits per heavy atom. The summed E-state index contributed by atoms with van der Waals surface area (Å²) in [5.41, 5.74) is 1.06. The summed E-state index contributed by atoms with van der Waals surface area (Å²) in [6.07, 6.45) is 3.34. The number of hydrogen-bond donors (Lipinski definition) is 2. The number of rotatable bonds is 3. The van der Waals surface area contributed by atoms with E-state index >= 15 is 0 Å². The molecule has 0 spiro atoms. The molecule has 3 rings (SSSR count). The average molecular weight is 274 g/mol. The summed E-state index contributed by atoms with van der Waals surface area (Å²) in [6, 6.07) is 5.64. The minimum atomic E-state index is -0.135. The molecule has 0 unspecified atom stereocenters. The van der Waals surface area contributed by atoms with E-state index in [1.165, 1.54) is 6.26 Å². The molecule has 0 saturated carbocycles. The van der Waals surface area contributed by atoms with Gasteiger partial charge < -0.3 is 14.6 Å². The zero-order valence-corrected chi connectivity index (χ0v) is 11.4. The highest BCUT2D eigenvalue weighted by Crippen LogP contribution is 2.18. The number of anilines is 1. The molecule has 2 aromatic rings. The topological polar surface area (TPSA) is 74.2 Å². The molecule has 6 heteroatoms. The number of piperidine rings is 1. The first-order valence-electron chi connectivity index (χ1n) is 6.84. The monoisotopic (exact) mass is 274 g/mol. The Labute approximate surface area is 117 Å². The first-order chi connectivity index (χ1) is 9.72. The van der Waals surface area contributed by atoms with Gasteiger partial charge in [-0.15, -0.1) is 0 Å². The molecule has 2 N–H and O–H groups in total. The molecule has 6 nitrogen and oxygen atoms in total. The minimum Gasteiger partial charge on any atom is -0.459 e. The van der Waals surface area contributed by atoms with Gasteiger partial charge in [-0.3, -0.25) is 9.89 Å². The maximum Gasteiger partial charge on any atom is 0.287 e.